The third-order valence-electron chi connectivity index (χ3n) is 2.86. The van der Waals surface area contributed by atoms with Gasteiger partial charge in [-0.15, -0.1) is 11.3 Å². The molecule has 0 spiro atoms. The van der Waals surface area contributed by atoms with E-state index >= 15 is 0 Å². The van der Waals surface area contributed by atoms with Gasteiger partial charge in [0, 0.05) is 4.70 Å². The van der Waals surface area contributed by atoms with E-state index in [-0.39, 0.29) is 0 Å². The molecular formula is C14H13NOS. The summed E-state index contributed by atoms with van der Waals surface area (Å²) in [5.74, 6) is 1.68. The number of aromatic nitrogens is 1. The minimum absolute atomic E-state index is 0.751. The van der Waals surface area contributed by atoms with Gasteiger partial charge in [0.05, 0.1) is 10.6 Å². The first kappa shape index (κ1) is 10.5. The van der Waals surface area contributed by atoms with Gasteiger partial charge in [0.2, 0.25) is 5.89 Å². The van der Waals surface area contributed by atoms with E-state index in [9.17, 15) is 0 Å². The minimum atomic E-state index is 0.751. The Hall–Kier alpha value is -1.61. The molecule has 17 heavy (non-hydrogen) atoms. The third kappa shape index (κ3) is 1.76. The van der Waals surface area contributed by atoms with Gasteiger partial charge in [-0.2, -0.15) is 0 Å². The number of hydrogen-bond acceptors (Lipinski definition) is 3. The first-order chi connectivity index (χ1) is 8.28. The maximum absolute atomic E-state index is 5.72. The van der Waals surface area contributed by atoms with Crippen molar-refractivity contribution < 1.29 is 4.42 Å². The number of benzene rings is 1. The molecule has 0 saturated heterocycles. The van der Waals surface area contributed by atoms with Gasteiger partial charge in [-0.05, 0) is 30.9 Å². The second-order valence-corrected chi connectivity index (χ2v) is 5.11. The van der Waals surface area contributed by atoms with Crippen LogP contribution in [0.2, 0.25) is 0 Å². The van der Waals surface area contributed by atoms with Crippen LogP contribution in [0.3, 0.4) is 0 Å². The predicted octanol–water partition coefficient (Wildman–Crippen LogP) is 4.43. The van der Waals surface area contributed by atoms with E-state index in [0.717, 1.165) is 28.6 Å². The molecule has 3 rings (SSSR count). The van der Waals surface area contributed by atoms with Crippen LogP contribution in [0.1, 0.15) is 18.4 Å². The normalized spacial score (nSPS) is 11.2. The van der Waals surface area contributed by atoms with Crippen molar-refractivity contribution in [3.63, 3.8) is 0 Å². The van der Waals surface area contributed by atoms with Crippen molar-refractivity contribution >= 4 is 21.4 Å². The van der Waals surface area contributed by atoms with Gasteiger partial charge in [0.25, 0.3) is 0 Å². The highest BCUT2D eigenvalue weighted by Gasteiger charge is 2.12. The summed E-state index contributed by atoms with van der Waals surface area (Å²) in [5.41, 5.74) is 1.05. The van der Waals surface area contributed by atoms with Crippen molar-refractivity contribution in [2.24, 2.45) is 0 Å². The Morgan fingerprint density at radius 2 is 2.12 bits per heavy atom. The lowest BCUT2D eigenvalue weighted by Crippen LogP contribution is -1.81. The van der Waals surface area contributed by atoms with Crippen LogP contribution in [0, 0.1) is 6.92 Å². The molecule has 3 aromatic rings. The number of aryl methyl sites for hydroxylation is 2. The highest BCUT2D eigenvalue weighted by Crippen LogP contribution is 2.33. The molecule has 3 heteroatoms. The zero-order valence-electron chi connectivity index (χ0n) is 9.86. The fourth-order valence-electron chi connectivity index (χ4n) is 1.95. The van der Waals surface area contributed by atoms with Gasteiger partial charge in [-0.1, -0.05) is 25.1 Å². The van der Waals surface area contributed by atoms with Crippen molar-refractivity contribution in [3.05, 3.63) is 41.8 Å². The van der Waals surface area contributed by atoms with Gasteiger partial charge in [0.15, 0.2) is 0 Å². The van der Waals surface area contributed by atoms with E-state index in [2.05, 4.69) is 42.2 Å². The van der Waals surface area contributed by atoms with Crippen molar-refractivity contribution in [2.45, 2.75) is 20.3 Å². The summed E-state index contributed by atoms with van der Waals surface area (Å²) in [6.07, 6.45) is 0.917. The molecule has 2 aromatic heterocycles. The summed E-state index contributed by atoms with van der Waals surface area (Å²) in [7, 11) is 0. The average Bonchev–Trinajstić information content (AvgIpc) is 2.91. The molecule has 2 heterocycles. The molecule has 0 aliphatic carbocycles. The van der Waals surface area contributed by atoms with E-state index in [0.29, 0.717) is 0 Å². The lowest BCUT2D eigenvalue weighted by molar-refractivity contribution is 0.541. The molecule has 1 aromatic carbocycles. The summed E-state index contributed by atoms with van der Waals surface area (Å²) >= 11 is 1.73. The molecule has 0 amide bonds. The summed E-state index contributed by atoms with van der Waals surface area (Å²) in [6, 6.07) is 10.5. The molecule has 0 radical (unpaired) electrons. The Labute approximate surface area is 104 Å². The maximum atomic E-state index is 5.72. The van der Waals surface area contributed by atoms with Gasteiger partial charge in [0.1, 0.15) is 5.76 Å². The van der Waals surface area contributed by atoms with Gasteiger partial charge < -0.3 is 4.42 Å². The topological polar surface area (TPSA) is 26.0 Å². The fourth-order valence-corrected chi connectivity index (χ4v) is 2.94. The van der Waals surface area contributed by atoms with Crippen molar-refractivity contribution in [2.75, 3.05) is 0 Å². The zero-order valence-corrected chi connectivity index (χ0v) is 10.7. The summed E-state index contributed by atoms with van der Waals surface area (Å²) in [4.78, 5) is 5.64. The number of oxazole rings is 1. The zero-order chi connectivity index (χ0) is 11.8. The molecular weight excluding hydrogens is 230 g/mol. The lowest BCUT2D eigenvalue weighted by Gasteiger charge is -1.85. The molecule has 0 aliphatic rings. The van der Waals surface area contributed by atoms with Crippen LogP contribution in [0.15, 0.2) is 34.7 Å². The molecule has 0 saturated carbocycles. The predicted molar refractivity (Wildman–Crippen MR) is 71.4 cm³/mol. The van der Waals surface area contributed by atoms with Crippen LogP contribution in [0.25, 0.3) is 20.9 Å². The second-order valence-electron chi connectivity index (χ2n) is 4.02. The highest BCUT2D eigenvalue weighted by atomic mass is 32.1. The second kappa shape index (κ2) is 4.00. The van der Waals surface area contributed by atoms with Crippen molar-refractivity contribution in [3.8, 4) is 10.8 Å². The van der Waals surface area contributed by atoms with E-state index in [1.54, 1.807) is 11.3 Å². The Morgan fingerprint density at radius 3 is 2.82 bits per heavy atom. The van der Waals surface area contributed by atoms with Crippen LogP contribution in [0.4, 0.5) is 0 Å². The molecule has 0 bridgehead atoms. The van der Waals surface area contributed by atoms with E-state index in [4.69, 9.17) is 4.42 Å². The molecule has 2 nitrogen and oxygen atoms in total. The largest absolute Gasteiger partial charge is 0.440 e. The van der Waals surface area contributed by atoms with Crippen LogP contribution in [0.5, 0.6) is 0 Å². The average molecular weight is 243 g/mol. The number of nitrogens with zero attached hydrogens (tertiary/aromatic N) is 1. The van der Waals surface area contributed by atoms with Crippen LogP contribution in [-0.2, 0) is 6.42 Å². The van der Waals surface area contributed by atoms with Gasteiger partial charge in [-0.3, -0.25) is 0 Å². The summed E-state index contributed by atoms with van der Waals surface area (Å²) < 4.78 is 6.99. The first-order valence-electron chi connectivity index (χ1n) is 5.73. The van der Waals surface area contributed by atoms with Gasteiger partial charge in [-0.25, -0.2) is 4.98 Å². The molecule has 0 atom stereocenters. The Bertz CT molecular complexity index is 633. The van der Waals surface area contributed by atoms with Crippen LogP contribution >= 0.6 is 11.3 Å². The SMILES string of the molecule is CCc1nc(-c2cc3ccccc3s2)oc1C. The Kier molecular flexibility index (Phi) is 2.48. The number of thiophene rings is 1. The van der Waals surface area contributed by atoms with Crippen LogP contribution < -0.4 is 0 Å². The third-order valence-corrected chi connectivity index (χ3v) is 3.97. The van der Waals surface area contributed by atoms with Crippen molar-refractivity contribution in [1.29, 1.82) is 0 Å². The number of rotatable bonds is 2. The minimum Gasteiger partial charge on any atom is -0.440 e. The van der Waals surface area contributed by atoms with Gasteiger partial charge >= 0.3 is 0 Å². The smallest absolute Gasteiger partial charge is 0.236 e. The number of fused-ring (bicyclic) bond motifs is 1. The molecule has 0 fully saturated rings. The first-order valence-corrected chi connectivity index (χ1v) is 6.55. The lowest BCUT2D eigenvalue weighted by atomic mass is 10.2. The summed E-state index contributed by atoms with van der Waals surface area (Å²) in [6.45, 7) is 4.07. The Morgan fingerprint density at radius 1 is 1.29 bits per heavy atom. The highest BCUT2D eigenvalue weighted by molar-refractivity contribution is 7.22. The fraction of sp³-hybridized carbons (Fsp3) is 0.214. The molecule has 86 valence electrons. The number of hydrogen-bond donors (Lipinski definition) is 0. The molecule has 0 unspecified atom stereocenters. The standard InChI is InChI=1S/C14H13NOS/c1-3-11-9(2)16-14(15-11)13-8-10-6-4-5-7-12(10)17-13/h4-8H,3H2,1-2H3. The van der Waals surface area contributed by atoms with Crippen LogP contribution in [-0.4, -0.2) is 4.98 Å². The maximum Gasteiger partial charge on any atom is 0.236 e. The summed E-state index contributed by atoms with van der Waals surface area (Å²) in [5, 5.41) is 1.25. The monoisotopic (exact) mass is 243 g/mol. The quantitative estimate of drug-likeness (QED) is 0.665. The van der Waals surface area contributed by atoms with Crippen molar-refractivity contribution in [1.82, 2.24) is 4.98 Å². The van der Waals surface area contributed by atoms with E-state index in [1.165, 1.54) is 10.1 Å². The van der Waals surface area contributed by atoms with E-state index < -0.39 is 0 Å². The molecule has 0 N–H and O–H groups in total. The Balaban J connectivity index is 2.13. The molecule has 0 aliphatic heterocycles. The van der Waals surface area contributed by atoms with E-state index in [1.807, 2.05) is 6.92 Å².